The highest BCUT2D eigenvalue weighted by molar-refractivity contribution is 6.10. The van der Waals surface area contributed by atoms with E-state index in [4.69, 9.17) is 0 Å². The van der Waals surface area contributed by atoms with Gasteiger partial charge in [0.2, 0.25) is 17.7 Å². The summed E-state index contributed by atoms with van der Waals surface area (Å²) in [5, 5.41) is 2.84. The van der Waals surface area contributed by atoms with Gasteiger partial charge in [-0.25, -0.2) is 0 Å². The Hall–Kier alpha value is -2.43. The van der Waals surface area contributed by atoms with Crippen LogP contribution in [0.25, 0.3) is 0 Å². The van der Waals surface area contributed by atoms with Crippen LogP contribution in [0.3, 0.4) is 0 Å². The third kappa shape index (κ3) is 2.41. The number of amides is 3. The number of likely N-dealkylation sites (tertiary alicyclic amines) is 1. The molecule has 4 unspecified atom stereocenters. The fraction of sp³-hybridized carbons (Fsp3) is 0.450. The molecule has 1 N–H and O–H groups in total. The average molecular weight is 338 g/mol. The lowest BCUT2D eigenvalue weighted by molar-refractivity contribution is -0.148. The highest BCUT2D eigenvalue weighted by atomic mass is 16.2. The molecule has 5 nitrogen and oxygen atoms in total. The van der Waals surface area contributed by atoms with Crippen LogP contribution in [-0.2, 0) is 14.4 Å². The number of hydrogen-bond acceptors (Lipinski definition) is 3. The summed E-state index contributed by atoms with van der Waals surface area (Å²) in [5.41, 5.74) is 0.666. The number of nitrogens with zero attached hydrogens (tertiary/aromatic N) is 1. The fourth-order valence-corrected chi connectivity index (χ4v) is 4.66. The lowest BCUT2D eigenvalue weighted by atomic mass is 9.85. The molecule has 5 heteroatoms. The van der Waals surface area contributed by atoms with Crippen molar-refractivity contribution in [1.82, 2.24) is 4.90 Å². The van der Waals surface area contributed by atoms with Crippen molar-refractivity contribution in [1.29, 1.82) is 0 Å². The number of imide groups is 1. The summed E-state index contributed by atoms with van der Waals surface area (Å²) in [6, 6.07) is 8.35. The molecule has 2 bridgehead atoms. The van der Waals surface area contributed by atoms with E-state index < -0.39 is 6.04 Å². The van der Waals surface area contributed by atoms with Gasteiger partial charge in [-0.05, 0) is 36.3 Å². The molecule has 3 amide bonds. The predicted octanol–water partition coefficient (Wildman–Crippen LogP) is 2.46. The Morgan fingerprint density at radius 1 is 1.04 bits per heavy atom. The lowest BCUT2D eigenvalue weighted by Crippen LogP contribution is -2.51. The molecule has 5 atom stereocenters. The van der Waals surface area contributed by atoms with Crippen LogP contribution in [-0.4, -0.2) is 28.7 Å². The fourth-order valence-electron chi connectivity index (χ4n) is 4.66. The van der Waals surface area contributed by atoms with Gasteiger partial charge in [-0.15, -0.1) is 0 Å². The van der Waals surface area contributed by atoms with E-state index in [-0.39, 0.29) is 47.3 Å². The quantitative estimate of drug-likeness (QED) is 0.677. The number of anilines is 1. The van der Waals surface area contributed by atoms with Gasteiger partial charge in [-0.3, -0.25) is 19.3 Å². The second-order valence-electron chi connectivity index (χ2n) is 7.59. The van der Waals surface area contributed by atoms with Crippen LogP contribution in [0.1, 0.15) is 20.3 Å². The van der Waals surface area contributed by atoms with Crippen molar-refractivity contribution in [3.63, 3.8) is 0 Å². The Labute approximate surface area is 147 Å². The average Bonchev–Trinajstić information content (AvgIpc) is 3.25. The first kappa shape index (κ1) is 16.1. The molecule has 2 fully saturated rings. The zero-order valence-corrected chi connectivity index (χ0v) is 14.4. The van der Waals surface area contributed by atoms with Gasteiger partial charge < -0.3 is 5.32 Å². The van der Waals surface area contributed by atoms with Crippen molar-refractivity contribution in [2.45, 2.75) is 26.3 Å². The number of carbonyl (C=O) groups is 3. The third-order valence-corrected chi connectivity index (χ3v) is 5.72. The topological polar surface area (TPSA) is 66.5 Å². The van der Waals surface area contributed by atoms with Gasteiger partial charge in [0, 0.05) is 5.69 Å². The van der Waals surface area contributed by atoms with Crippen molar-refractivity contribution in [2.75, 3.05) is 5.32 Å². The smallest absolute Gasteiger partial charge is 0.247 e. The monoisotopic (exact) mass is 338 g/mol. The van der Waals surface area contributed by atoms with E-state index in [0.29, 0.717) is 5.69 Å². The largest absolute Gasteiger partial charge is 0.324 e. The molecule has 2 aliphatic carbocycles. The zero-order chi connectivity index (χ0) is 17.7. The highest BCUT2D eigenvalue weighted by Crippen LogP contribution is 2.53. The number of allylic oxidation sites excluding steroid dienone is 2. The molecule has 1 saturated carbocycles. The Bertz CT molecular complexity index is 725. The highest BCUT2D eigenvalue weighted by Gasteiger charge is 2.61. The first-order valence-corrected chi connectivity index (χ1v) is 8.90. The van der Waals surface area contributed by atoms with E-state index >= 15 is 0 Å². The minimum Gasteiger partial charge on any atom is -0.324 e. The Morgan fingerprint density at radius 3 is 2.12 bits per heavy atom. The standard InChI is InChI=1S/C20H22N2O3/c1-11(2)17(18(23)21-14-6-4-3-5-7-14)22-19(24)15-12-8-9-13(10-12)16(15)20(22)25/h3-9,11-13,15-17H,10H2,1-2H3,(H,21,23)/t12?,13?,15?,16?,17-/m0/s1. The lowest BCUT2D eigenvalue weighted by Gasteiger charge is -2.29. The van der Waals surface area contributed by atoms with Crippen molar-refractivity contribution in [2.24, 2.45) is 29.6 Å². The van der Waals surface area contributed by atoms with Crippen molar-refractivity contribution in [3.8, 4) is 0 Å². The number of nitrogens with one attached hydrogen (secondary N) is 1. The molecule has 1 heterocycles. The minimum atomic E-state index is -0.773. The summed E-state index contributed by atoms with van der Waals surface area (Å²) in [6.07, 6.45) is 5.02. The molecule has 1 aliphatic heterocycles. The number of fused-ring (bicyclic) bond motifs is 5. The first-order valence-electron chi connectivity index (χ1n) is 8.90. The Kier molecular flexibility index (Phi) is 3.74. The van der Waals surface area contributed by atoms with Gasteiger partial charge in [0.25, 0.3) is 0 Å². The van der Waals surface area contributed by atoms with Crippen LogP contribution in [0, 0.1) is 29.6 Å². The van der Waals surface area contributed by atoms with E-state index in [2.05, 4.69) is 17.5 Å². The van der Waals surface area contributed by atoms with Crippen molar-refractivity contribution < 1.29 is 14.4 Å². The van der Waals surface area contributed by atoms with Gasteiger partial charge in [-0.1, -0.05) is 44.2 Å². The third-order valence-electron chi connectivity index (χ3n) is 5.72. The second kappa shape index (κ2) is 5.83. The summed E-state index contributed by atoms with van der Waals surface area (Å²) in [7, 11) is 0. The molecule has 25 heavy (non-hydrogen) atoms. The Balaban J connectivity index is 1.60. The maximum atomic E-state index is 13.0. The van der Waals surface area contributed by atoms with Crippen LogP contribution in [0.5, 0.6) is 0 Å². The van der Waals surface area contributed by atoms with Crippen LogP contribution in [0.4, 0.5) is 5.69 Å². The molecule has 1 aromatic carbocycles. The van der Waals surface area contributed by atoms with E-state index in [1.165, 1.54) is 4.90 Å². The summed E-state index contributed by atoms with van der Waals surface area (Å²) >= 11 is 0. The number of benzene rings is 1. The molecule has 4 rings (SSSR count). The summed E-state index contributed by atoms with van der Waals surface area (Å²) in [4.78, 5) is 40.1. The zero-order valence-electron chi connectivity index (χ0n) is 14.4. The summed E-state index contributed by atoms with van der Waals surface area (Å²) in [5.74, 6) is -1.03. The van der Waals surface area contributed by atoms with Crippen molar-refractivity contribution in [3.05, 3.63) is 42.5 Å². The molecule has 0 radical (unpaired) electrons. The van der Waals surface area contributed by atoms with E-state index in [1.54, 1.807) is 12.1 Å². The molecule has 1 saturated heterocycles. The molecule has 1 aromatic rings. The van der Waals surface area contributed by atoms with Crippen LogP contribution >= 0.6 is 0 Å². The predicted molar refractivity (Wildman–Crippen MR) is 93.3 cm³/mol. The minimum absolute atomic E-state index is 0.152. The van der Waals surface area contributed by atoms with E-state index in [0.717, 1.165) is 6.42 Å². The number of carbonyl (C=O) groups excluding carboxylic acids is 3. The summed E-state index contributed by atoms with van der Waals surface area (Å²) in [6.45, 7) is 3.74. The normalized spacial score (nSPS) is 30.9. The Morgan fingerprint density at radius 2 is 1.60 bits per heavy atom. The van der Waals surface area contributed by atoms with Gasteiger partial charge >= 0.3 is 0 Å². The molecule has 0 aromatic heterocycles. The molecular weight excluding hydrogens is 316 g/mol. The van der Waals surface area contributed by atoms with Crippen LogP contribution in [0.2, 0.25) is 0 Å². The van der Waals surface area contributed by atoms with Crippen LogP contribution < -0.4 is 5.32 Å². The van der Waals surface area contributed by atoms with Crippen LogP contribution in [0.15, 0.2) is 42.5 Å². The van der Waals surface area contributed by atoms with Crippen molar-refractivity contribution >= 4 is 23.4 Å². The number of hydrogen-bond donors (Lipinski definition) is 1. The van der Waals surface area contributed by atoms with Gasteiger partial charge in [0.1, 0.15) is 6.04 Å². The molecule has 3 aliphatic rings. The molecule has 130 valence electrons. The van der Waals surface area contributed by atoms with Gasteiger partial charge in [0.15, 0.2) is 0 Å². The second-order valence-corrected chi connectivity index (χ2v) is 7.59. The first-order chi connectivity index (χ1) is 12.0. The molecular formula is C20H22N2O3. The van der Waals surface area contributed by atoms with E-state index in [9.17, 15) is 14.4 Å². The number of rotatable bonds is 4. The number of para-hydroxylation sites is 1. The summed E-state index contributed by atoms with van der Waals surface area (Å²) < 4.78 is 0. The molecule has 0 spiro atoms. The van der Waals surface area contributed by atoms with Gasteiger partial charge in [-0.2, -0.15) is 0 Å². The maximum absolute atomic E-state index is 13.0. The maximum Gasteiger partial charge on any atom is 0.247 e. The van der Waals surface area contributed by atoms with Gasteiger partial charge in [0.05, 0.1) is 11.8 Å². The SMILES string of the molecule is CC(C)[C@@H](C(=O)Nc1ccccc1)N1C(=O)C2C3C=CC(C3)C2C1=O. The van der Waals surface area contributed by atoms with E-state index in [1.807, 2.05) is 32.0 Å².